The standard InChI is InChI=1S/C19H22N2O2/c22-19(13-16-8-6-12-20-16)21-14-15-7-4-5-11-18(15)23-17-9-2-1-3-10-17/h1-5,7,9-11,16,20H,6,8,12-14H2,(H,21,22). The van der Waals surface area contributed by atoms with Crippen LogP contribution < -0.4 is 15.4 Å². The van der Waals surface area contributed by atoms with Gasteiger partial charge in [0.2, 0.25) is 5.91 Å². The normalized spacial score (nSPS) is 17.0. The van der Waals surface area contributed by atoms with E-state index < -0.39 is 0 Å². The van der Waals surface area contributed by atoms with Gasteiger partial charge in [0.25, 0.3) is 0 Å². The number of ether oxygens (including phenoxy) is 1. The number of rotatable bonds is 6. The summed E-state index contributed by atoms with van der Waals surface area (Å²) < 4.78 is 5.91. The van der Waals surface area contributed by atoms with Gasteiger partial charge in [-0.25, -0.2) is 0 Å². The van der Waals surface area contributed by atoms with Gasteiger partial charge in [0.1, 0.15) is 11.5 Å². The van der Waals surface area contributed by atoms with E-state index >= 15 is 0 Å². The summed E-state index contributed by atoms with van der Waals surface area (Å²) in [5.41, 5.74) is 0.976. The monoisotopic (exact) mass is 310 g/mol. The Kier molecular flexibility index (Phi) is 5.27. The zero-order valence-electron chi connectivity index (χ0n) is 13.1. The number of benzene rings is 2. The Hall–Kier alpha value is -2.33. The number of para-hydroxylation sites is 2. The average Bonchev–Trinajstić information content (AvgIpc) is 3.08. The second kappa shape index (κ2) is 7.79. The first-order valence-electron chi connectivity index (χ1n) is 8.12. The number of carbonyl (C=O) groups excluding carboxylic acids is 1. The molecule has 4 heteroatoms. The Labute approximate surface area is 136 Å². The van der Waals surface area contributed by atoms with E-state index in [1.54, 1.807) is 0 Å². The SMILES string of the molecule is O=C(CC1CCCN1)NCc1ccccc1Oc1ccccc1. The van der Waals surface area contributed by atoms with E-state index in [0.29, 0.717) is 19.0 Å². The van der Waals surface area contributed by atoms with Crippen molar-refractivity contribution in [3.8, 4) is 11.5 Å². The van der Waals surface area contributed by atoms with Gasteiger partial charge in [-0.05, 0) is 37.6 Å². The maximum absolute atomic E-state index is 12.1. The molecule has 0 saturated carbocycles. The molecular weight excluding hydrogens is 288 g/mol. The van der Waals surface area contributed by atoms with Crippen molar-refractivity contribution < 1.29 is 9.53 Å². The highest BCUT2D eigenvalue weighted by Crippen LogP contribution is 2.24. The Morgan fingerprint density at radius 1 is 1.13 bits per heavy atom. The van der Waals surface area contributed by atoms with E-state index in [4.69, 9.17) is 4.74 Å². The highest BCUT2D eigenvalue weighted by atomic mass is 16.5. The van der Waals surface area contributed by atoms with Crippen LogP contribution in [0.3, 0.4) is 0 Å². The van der Waals surface area contributed by atoms with Crippen LogP contribution in [-0.4, -0.2) is 18.5 Å². The first-order chi connectivity index (χ1) is 11.3. The summed E-state index contributed by atoms with van der Waals surface area (Å²) in [5, 5.41) is 6.34. The van der Waals surface area contributed by atoms with Crippen molar-refractivity contribution in [2.45, 2.75) is 31.8 Å². The summed E-state index contributed by atoms with van der Waals surface area (Å²) in [4.78, 5) is 12.1. The number of amides is 1. The number of hydrogen-bond donors (Lipinski definition) is 2. The molecule has 0 bridgehead atoms. The first-order valence-corrected chi connectivity index (χ1v) is 8.12. The van der Waals surface area contributed by atoms with Gasteiger partial charge >= 0.3 is 0 Å². The fourth-order valence-corrected chi connectivity index (χ4v) is 2.79. The van der Waals surface area contributed by atoms with Gasteiger partial charge in [-0.1, -0.05) is 36.4 Å². The minimum Gasteiger partial charge on any atom is -0.457 e. The van der Waals surface area contributed by atoms with E-state index in [2.05, 4.69) is 10.6 Å². The van der Waals surface area contributed by atoms with Crippen LogP contribution in [0.4, 0.5) is 0 Å². The van der Waals surface area contributed by atoms with Crippen LogP contribution in [-0.2, 0) is 11.3 Å². The topological polar surface area (TPSA) is 50.4 Å². The summed E-state index contributed by atoms with van der Waals surface area (Å²) in [6.45, 7) is 1.50. The summed E-state index contributed by atoms with van der Waals surface area (Å²) >= 11 is 0. The van der Waals surface area contributed by atoms with Crippen molar-refractivity contribution in [1.82, 2.24) is 10.6 Å². The molecule has 1 fully saturated rings. The number of nitrogens with one attached hydrogen (secondary N) is 2. The Bertz CT molecular complexity index is 637. The molecule has 0 aliphatic carbocycles. The third-order valence-electron chi connectivity index (χ3n) is 4.01. The van der Waals surface area contributed by atoms with Crippen molar-refractivity contribution in [2.24, 2.45) is 0 Å². The Morgan fingerprint density at radius 2 is 1.91 bits per heavy atom. The minimum atomic E-state index is 0.0823. The summed E-state index contributed by atoms with van der Waals surface area (Å²) in [5.74, 6) is 1.65. The van der Waals surface area contributed by atoms with Crippen LogP contribution in [0.25, 0.3) is 0 Å². The van der Waals surface area contributed by atoms with E-state index in [-0.39, 0.29) is 5.91 Å². The average molecular weight is 310 g/mol. The van der Waals surface area contributed by atoms with E-state index in [0.717, 1.165) is 36.4 Å². The van der Waals surface area contributed by atoms with Gasteiger partial charge in [0, 0.05) is 24.6 Å². The zero-order chi connectivity index (χ0) is 15.9. The smallest absolute Gasteiger partial charge is 0.221 e. The molecule has 2 aromatic rings. The third kappa shape index (κ3) is 4.57. The maximum atomic E-state index is 12.1. The van der Waals surface area contributed by atoms with Crippen molar-refractivity contribution in [2.75, 3.05) is 6.54 Å². The molecule has 1 saturated heterocycles. The van der Waals surface area contributed by atoms with E-state index in [1.807, 2.05) is 54.6 Å². The molecule has 2 N–H and O–H groups in total. The van der Waals surface area contributed by atoms with Crippen molar-refractivity contribution in [1.29, 1.82) is 0 Å². The highest BCUT2D eigenvalue weighted by Gasteiger charge is 2.17. The van der Waals surface area contributed by atoms with Crippen LogP contribution in [0.2, 0.25) is 0 Å². The molecule has 1 amide bonds. The van der Waals surface area contributed by atoms with Crippen LogP contribution in [0.1, 0.15) is 24.8 Å². The van der Waals surface area contributed by atoms with Gasteiger partial charge < -0.3 is 15.4 Å². The fraction of sp³-hybridized carbons (Fsp3) is 0.316. The van der Waals surface area contributed by atoms with Gasteiger partial charge in [0.15, 0.2) is 0 Å². The first kappa shape index (κ1) is 15.6. The highest BCUT2D eigenvalue weighted by molar-refractivity contribution is 5.76. The second-order valence-electron chi connectivity index (χ2n) is 5.80. The van der Waals surface area contributed by atoms with Crippen LogP contribution in [0, 0.1) is 0 Å². The second-order valence-corrected chi connectivity index (χ2v) is 5.80. The molecule has 23 heavy (non-hydrogen) atoms. The van der Waals surface area contributed by atoms with Gasteiger partial charge in [0.05, 0.1) is 0 Å². The van der Waals surface area contributed by atoms with Crippen molar-refractivity contribution in [3.05, 3.63) is 60.2 Å². The van der Waals surface area contributed by atoms with E-state index in [1.165, 1.54) is 0 Å². The molecule has 1 unspecified atom stereocenters. The summed E-state index contributed by atoms with van der Waals surface area (Å²) in [7, 11) is 0. The molecule has 1 heterocycles. The van der Waals surface area contributed by atoms with Crippen molar-refractivity contribution in [3.63, 3.8) is 0 Å². The molecule has 1 aliphatic rings. The Morgan fingerprint density at radius 3 is 2.70 bits per heavy atom. The lowest BCUT2D eigenvalue weighted by Gasteiger charge is -2.13. The van der Waals surface area contributed by atoms with Gasteiger partial charge in [-0.2, -0.15) is 0 Å². The van der Waals surface area contributed by atoms with Gasteiger partial charge in [-0.3, -0.25) is 4.79 Å². The molecule has 0 aromatic heterocycles. The van der Waals surface area contributed by atoms with E-state index in [9.17, 15) is 4.79 Å². The molecule has 4 nitrogen and oxygen atoms in total. The Balaban J connectivity index is 1.58. The van der Waals surface area contributed by atoms with Crippen LogP contribution in [0.15, 0.2) is 54.6 Å². The lowest BCUT2D eigenvalue weighted by Crippen LogP contribution is -2.31. The van der Waals surface area contributed by atoms with Crippen molar-refractivity contribution >= 4 is 5.91 Å². The number of hydrogen-bond acceptors (Lipinski definition) is 3. The molecule has 0 spiro atoms. The third-order valence-corrected chi connectivity index (χ3v) is 4.01. The lowest BCUT2D eigenvalue weighted by atomic mass is 10.1. The summed E-state index contributed by atoms with van der Waals surface area (Å²) in [6, 6.07) is 17.8. The summed E-state index contributed by atoms with van der Waals surface area (Å²) in [6.07, 6.45) is 2.79. The zero-order valence-corrected chi connectivity index (χ0v) is 13.1. The molecule has 2 aromatic carbocycles. The molecule has 1 atom stereocenters. The molecular formula is C19H22N2O2. The largest absolute Gasteiger partial charge is 0.457 e. The van der Waals surface area contributed by atoms with Crippen LogP contribution in [0.5, 0.6) is 11.5 Å². The quantitative estimate of drug-likeness (QED) is 0.861. The minimum absolute atomic E-state index is 0.0823. The number of carbonyl (C=O) groups is 1. The fourth-order valence-electron chi connectivity index (χ4n) is 2.79. The predicted octanol–water partition coefficient (Wildman–Crippen LogP) is 3.24. The van der Waals surface area contributed by atoms with Gasteiger partial charge in [-0.15, -0.1) is 0 Å². The molecule has 1 aliphatic heterocycles. The predicted molar refractivity (Wildman–Crippen MR) is 90.4 cm³/mol. The lowest BCUT2D eigenvalue weighted by molar-refractivity contribution is -0.121. The van der Waals surface area contributed by atoms with Crippen LogP contribution >= 0.6 is 0 Å². The molecule has 0 radical (unpaired) electrons. The maximum Gasteiger partial charge on any atom is 0.221 e. The molecule has 120 valence electrons. The molecule has 3 rings (SSSR count).